The number of amides is 1. The van der Waals surface area contributed by atoms with Gasteiger partial charge in [0.05, 0.1) is 0 Å². The molecule has 0 bridgehead atoms. The fraction of sp³-hybridized carbons (Fsp3) is 0.375. The van der Waals surface area contributed by atoms with Crippen molar-refractivity contribution in [1.82, 2.24) is 4.90 Å². The topological polar surface area (TPSA) is 63.7 Å². The number of Topliss-reactive ketones (excluding diaryl/α,β-unsaturated/α-hetero) is 1. The smallest absolute Gasteiger partial charge is 0.330 e. The van der Waals surface area contributed by atoms with Crippen molar-refractivity contribution in [3.63, 3.8) is 0 Å². The van der Waals surface area contributed by atoms with Crippen LogP contribution in [0.1, 0.15) is 47.7 Å². The molecule has 0 radical (unpaired) electrons. The molecule has 0 saturated carbocycles. The summed E-state index contributed by atoms with van der Waals surface area (Å²) in [6.45, 7) is 1.80. The SMILES string of the molecule is CCCc1ccc(C(=O)COC(=O)[C@@H]2CS[C@@]3(c4ccccc4)CCC(=O)N23)cc1. The monoisotopic (exact) mass is 423 g/mol. The third kappa shape index (κ3) is 3.76. The van der Waals surface area contributed by atoms with E-state index in [1.54, 1.807) is 28.8 Å². The minimum Gasteiger partial charge on any atom is -0.456 e. The number of esters is 1. The lowest BCUT2D eigenvalue weighted by molar-refractivity contribution is -0.152. The van der Waals surface area contributed by atoms with Gasteiger partial charge in [0.2, 0.25) is 5.91 Å². The first kappa shape index (κ1) is 20.7. The molecule has 156 valence electrons. The van der Waals surface area contributed by atoms with Crippen molar-refractivity contribution in [2.45, 2.75) is 43.5 Å². The minimum atomic E-state index is -0.662. The van der Waals surface area contributed by atoms with Gasteiger partial charge in [-0.3, -0.25) is 9.59 Å². The molecule has 0 aliphatic carbocycles. The fourth-order valence-electron chi connectivity index (χ4n) is 4.28. The van der Waals surface area contributed by atoms with Crippen LogP contribution >= 0.6 is 11.8 Å². The Kier molecular flexibility index (Phi) is 5.95. The van der Waals surface area contributed by atoms with E-state index in [9.17, 15) is 14.4 Å². The number of aryl methyl sites for hydroxylation is 1. The second-order valence-corrected chi connectivity index (χ2v) is 9.02. The number of carbonyl (C=O) groups is 3. The molecule has 2 saturated heterocycles. The third-order valence-electron chi connectivity index (χ3n) is 5.78. The van der Waals surface area contributed by atoms with Gasteiger partial charge in [-0.25, -0.2) is 4.79 Å². The van der Waals surface area contributed by atoms with Gasteiger partial charge in [0.15, 0.2) is 12.4 Å². The Labute approximate surface area is 180 Å². The molecule has 5 nitrogen and oxygen atoms in total. The summed E-state index contributed by atoms with van der Waals surface area (Å²) in [7, 11) is 0. The number of ether oxygens (including phenoxy) is 1. The second-order valence-electron chi connectivity index (χ2n) is 7.72. The predicted octanol–water partition coefficient (Wildman–Crippen LogP) is 3.96. The van der Waals surface area contributed by atoms with Crippen molar-refractivity contribution >= 4 is 29.4 Å². The Balaban J connectivity index is 1.42. The van der Waals surface area contributed by atoms with Gasteiger partial charge in [0.1, 0.15) is 10.9 Å². The van der Waals surface area contributed by atoms with Crippen molar-refractivity contribution in [3.8, 4) is 0 Å². The minimum absolute atomic E-state index is 0.0383. The van der Waals surface area contributed by atoms with Gasteiger partial charge in [-0.15, -0.1) is 11.8 Å². The number of hydrogen-bond acceptors (Lipinski definition) is 5. The molecule has 30 heavy (non-hydrogen) atoms. The van der Waals surface area contributed by atoms with Gasteiger partial charge >= 0.3 is 5.97 Å². The zero-order valence-corrected chi connectivity index (χ0v) is 17.8. The molecule has 0 aromatic heterocycles. The van der Waals surface area contributed by atoms with E-state index in [4.69, 9.17) is 4.74 Å². The molecule has 4 rings (SSSR count). The quantitative estimate of drug-likeness (QED) is 0.498. The molecule has 0 N–H and O–H groups in total. The Morgan fingerprint density at radius 2 is 1.87 bits per heavy atom. The molecule has 2 atom stereocenters. The number of thioether (sulfide) groups is 1. The van der Waals surface area contributed by atoms with Crippen LogP contribution in [-0.4, -0.2) is 41.0 Å². The third-order valence-corrected chi connectivity index (χ3v) is 7.38. The summed E-state index contributed by atoms with van der Waals surface area (Å²) in [6.07, 6.45) is 3.10. The highest BCUT2D eigenvalue weighted by Crippen LogP contribution is 2.54. The summed E-state index contributed by atoms with van der Waals surface area (Å²) in [5.74, 6) is -0.311. The second kappa shape index (κ2) is 8.64. The fourth-order valence-corrected chi connectivity index (χ4v) is 5.91. The van der Waals surface area contributed by atoms with Crippen LogP contribution in [0, 0.1) is 0 Å². The van der Waals surface area contributed by atoms with E-state index < -0.39 is 16.9 Å². The maximum Gasteiger partial charge on any atom is 0.330 e. The molecular formula is C24H25NO4S. The number of benzene rings is 2. The van der Waals surface area contributed by atoms with Gasteiger partial charge in [-0.05, 0) is 24.0 Å². The highest BCUT2D eigenvalue weighted by Gasteiger charge is 2.57. The van der Waals surface area contributed by atoms with E-state index in [2.05, 4.69) is 6.92 Å². The first-order valence-corrected chi connectivity index (χ1v) is 11.3. The number of fused-ring (bicyclic) bond motifs is 1. The van der Waals surface area contributed by atoms with Crippen molar-refractivity contribution in [2.75, 3.05) is 12.4 Å². The van der Waals surface area contributed by atoms with Crippen LogP contribution in [0.4, 0.5) is 0 Å². The van der Waals surface area contributed by atoms with E-state index in [-0.39, 0.29) is 18.3 Å². The van der Waals surface area contributed by atoms with E-state index in [1.807, 2.05) is 42.5 Å². The summed E-state index contributed by atoms with van der Waals surface area (Å²) in [6, 6.07) is 16.6. The summed E-state index contributed by atoms with van der Waals surface area (Å²) < 4.78 is 5.36. The van der Waals surface area contributed by atoms with E-state index in [0.717, 1.165) is 18.4 Å². The largest absolute Gasteiger partial charge is 0.456 e. The Hall–Kier alpha value is -2.60. The van der Waals surface area contributed by atoms with Crippen LogP contribution in [0.15, 0.2) is 54.6 Å². The van der Waals surface area contributed by atoms with Crippen LogP contribution in [0.2, 0.25) is 0 Å². The first-order chi connectivity index (χ1) is 14.5. The molecule has 2 fully saturated rings. The molecular weight excluding hydrogens is 398 g/mol. The molecule has 1 amide bonds. The maximum absolute atomic E-state index is 12.8. The number of nitrogens with zero attached hydrogens (tertiary/aromatic N) is 1. The Bertz CT molecular complexity index is 943. The van der Waals surface area contributed by atoms with E-state index in [1.165, 1.54) is 5.56 Å². The van der Waals surface area contributed by atoms with Crippen LogP contribution < -0.4 is 0 Å². The van der Waals surface area contributed by atoms with Crippen molar-refractivity contribution in [3.05, 3.63) is 71.3 Å². The average molecular weight is 424 g/mol. The highest BCUT2D eigenvalue weighted by atomic mass is 32.2. The van der Waals surface area contributed by atoms with E-state index >= 15 is 0 Å². The highest BCUT2D eigenvalue weighted by molar-refractivity contribution is 8.00. The summed E-state index contributed by atoms with van der Waals surface area (Å²) in [4.78, 5) is 39.0. The number of ketones is 1. The predicted molar refractivity (Wildman–Crippen MR) is 116 cm³/mol. The summed E-state index contributed by atoms with van der Waals surface area (Å²) in [5, 5.41) is 0. The zero-order valence-electron chi connectivity index (χ0n) is 17.0. The van der Waals surface area contributed by atoms with Gasteiger partial charge < -0.3 is 9.64 Å². The Morgan fingerprint density at radius 1 is 1.13 bits per heavy atom. The van der Waals surface area contributed by atoms with Crippen LogP contribution in [0.25, 0.3) is 0 Å². The van der Waals surface area contributed by atoms with Crippen molar-refractivity contribution < 1.29 is 19.1 Å². The molecule has 2 aromatic carbocycles. The molecule has 2 aliphatic rings. The van der Waals surface area contributed by atoms with Gasteiger partial charge in [-0.1, -0.05) is 67.9 Å². The number of carbonyl (C=O) groups excluding carboxylic acids is 3. The van der Waals surface area contributed by atoms with Crippen LogP contribution in [-0.2, 0) is 25.6 Å². The van der Waals surface area contributed by atoms with Gasteiger partial charge in [0.25, 0.3) is 0 Å². The maximum atomic E-state index is 12.8. The van der Waals surface area contributed by atoms with Crippen LogP contribution in [0.3, 0.4) is 0 Å². The number of rotatable bonds is 7. The van der Waals surface area contributed by atoms with Gasteiger partial charge in [-0.2, -0.15) is 0 Å². The van der Waals surface area contributed by atoms with Crippen LogP contribution in [0.5, 0.6) is 0 Å². The molecule has 0 unspecified atom stereocenters. The lowest BCUT2D eigenvalue weighted by atomic mass is 10.0. The molecule has 2 aromatic rings. The van der Waals surface area contributed by atoms with Crippen molar-refractivity contribution in [2.24, 2.45) is 0 Å². The lowest BCUT2D eigenvalue weighted by Crippen LogP contribution is -2.47. The molecule has 6 heteroatoms. The normalized spacial score (nSPS) is 22.8. The van der Waals surface area contributed by atoms with Gasteiger partial charge in [0, 0.05) is 17.7 Å². The zero-order chi connectivity index (χ0) is 21.1. The lowest BCUT2D eigenvalue weighted by Gasteiger charge is -2.33. The average Bonchev–Trinajstić information content (AvgIpc) is 3.32. The van der Waals surface area contributed by atoms with Crippen molar-refractivity contribution in [1.29, 1.82) is 0 Å². The van der Waals surface area contributed by atoms with E-state index in [0.29, 0.717) is 24.2 Å². The summed E-state index contributed by atoms with van der Waals surface area (Å²) >= 11 is 1.61. The molecule has 2 heterocycles. The first-order valence-electron chi connectivity index (χ1n) is 10.4. The summed E-state index contributed by atoms with van der Waals surface area (Å²) in [5.41, 5.74) is 2.73. The molecule has 2 aliphatic heterocycles. The Morgan fingerprint density at radius 3 is 2.57 bits per heavy atom. The molecule has 0 spiro atoms. The standard InChI is InChI=1S/C24H25NO4S/c1-2-6-17-9-11-18(12-10-17)21(26)15-29-23(28)20-16-30-24(14-13-22(27)25(20)24)19-7-4-3-5-8-19/h3-5,7-12,20H,2,6,13-16H2,1H3/t20-,24+/m0/s1. The number of hydrogen-bond donors (Lipinski definition) is 0.